The molecule has 1 saturated heterocycles. The monoisotopic (exact) mass is 339 g/mol. The summed E-state index contributed by atoms with van der Waals surface area (Å²) in [5, 5.41) is 13.8. The molecule has 0 atom stereocenters. The van der Waals surface area contributed by atoms with Gasteiger partial charge in [0.2, 0.25) is 0 Å². The molecule has 0 aliphatic carbocycles. The standard InChI is InChI=1S/C16H16F3N3O2/c17-16(18,19)15(24)6-10-21(11-7-15)14(23)12-4-1-2-5-13(12)22-9-3-8-20-22/h1-5,8-9,24H,6-7,10-11H2. The van der Waals surface area contributed by atoms with Crippen molar-refractivity contribution in [1.29, 1.82) is 0 Å². The molecule has 2 aromatic rings. The number of alkyl halides is 3. The Kier molecular flexibility index (Phi) is 4.08. The number of rotatable bonds is 2. The first kappa shape index (κ1) is 16.5. The van der Waals surface area contributed by atoms with Crippen LogP contribution in [0.3, 0.4) is 0 Å². The minimum absolute atomic E-state index is 0.151. The molecule has 0 spiro atoms. The first-order valence-corrected chi connectivity index (χ1v) is 7.49. The molecule has 1 aliphatic rings. The third-order valence-corrected chi connectivity index (χ3v) is 4.29. The van der Waals surface area contributed by atoms with Crippen molar-refractivity contribution in [1.82, 2.24) is 14.7 Å². The zero-order valence-corrected chi connectivity index (χ0v) is 12.7. The number of carbonyl (C=O) groups excluding carboxylic acids is 1. The average Bonchev–Trinajstić information content (AvgIpc) is 3.08. The van der Waals surface area contributed by atoms with E-state index in [4.69, 9.17) is 0 Å². The van der Waals surface area contributed by atoms with Crippen LogP contribution in [0.2, 0.25) is 0 Å². The van der Waals surface area contributed by atoms with E-state index in [9.17, 15) is 23.1 Å². The van der Waals surface area contributed by atoms with Crippen LogP contribution in [0, 0.1) is 0 Å². The lowest BCUT2D eigenvalue weighted by molar-refractivity contribution is -0.271. The van der Waals surface area contributed by atoms with Gasteiger partial charge in [0.1, 0.15) is 0 Å². The molecule has 1 N–H and O–H groups in total. The molecule has 0 saturated carbocycles. The van der Waals surface area contributed by atoms with E-state index in [1.807, 2.05) is 0 Å². The quantitative estimate of drug-likeness (QED) is 0.914. The van der Waals surface area contributed by atoms with Crippen LogP contribution in [-0.4, -0.2) is 50.6 Å². The molecule has 0 unspecified atom stereocenters. The highest BCUT2D eigenvalue weighted by Gasteiger charge is 2.54. The molecule has 3 rings (SSSR count). The highest BCUT2D eigenvalue weighted by atomic mass is 19.4. The molecular weight excluding hydrogens is 323 g/mol. The summed E-state index contributed by atoms with van der Waals surface area (Å²) < 4.78 is 40.1. The summed E-state index contributed by atoms with van der Waals surface area (Å²) in [7, 11) is 0. The van der Waals surface area contributed by atoms with Crippen molar-refractivity contribution in [2.45, 2.75) is 24.6 Å². The Morgan fingerprint density at radius 3 is 2.42 bits per heavy atom. The minimum atomic E-state index is -4.69. The highest BCUT2D eigenvalue weighted by Crippen LogP contribution is 2.38. The number of nitrogens with zero attached hydrogens (tertiary/aromatic N) is 3. The van der Waals surface area contributed by atoms with Gasteiger partial charge in [-0.2, -0.15) is 18.3 Å². The molecule has 1 aromatic carbocycles. The third-order valence-electron chi connectivity index (χ3n) is 4.29. The zero-order valence-electron chi connectivity index (χ0n) is 12.7. The molecule has 24 heavy (non-hydrogen) atoms. The van der Waals surface area contributed by atoms with Gasteiger partial charge in [0.05, 0.1) is 11.3 Å². The molecule has 1 fully saturated rings. The number of hydrogen-bond donors (Lipinski definition) is 1. The molecule has 1 aromatic heterocycles. The predicted molar refractivity (Wildman–Crippen MR) is 79.7 cm³/mol. The Morgan fingerprint density at radius 2 is 1.83 bits per heavy atom. The molecule has 5 nitrogen and oxygen atoms in total. The van der Waals surface area contributed by atoms with E-state index in [1.165, 1.54) is 9.58 Å². The van der Waals surface area contributed by atoms with Gasteiger partial charge < -0.3 is 10.0 Å². The number of likely N-dealkylation sites (tertiary alicyclic amines) is 1. The minimum Gasteiger partial charge on any atom is -0.380 e. The second-order valence-electron chi connectivity index (χ2n) is 5.79. The highest BCUT2D eigenvalue weighted by molar-refractivity contribution is 5.97. The van der Waals surface area contributed by atoms with Crippen LogP contribution in [0.1, 0.15) is 23.2 Å². The van der Waals surface area contributed by atoms with Crippen molar-refractivity contribution in [3.8, 4) is 5.69 Å². The second kappa shape index (κ2) is 5.94. The lowest BCUT2D eigenvalue weighted by atomic mass is 9.90. The summed E-state index contributed by atoms with van der Waals surface area (Å²) in [5.74, 6) is -0.370. The summed E-state index contributed by atoms with van der Waals surface area (Å²) in [6.45, 7) is -0.301. The largest absolute Gasteiger partial charge is 0.417 e. The first-order valence-electron chi connectivity index (χ1n) is 7.49. The first-order chi connectivity index (χ1) is 11.3. The Labute approximate surface area is 136 Å². The second-order valence-corrected chi connectivity index (χ2v) is 5.79. The van der Waals surface area contributed by atoms with Gasteiger partial charge in [0.25, 0.3) is 5.91 Å². The van der Waals surface area contributed by atoms with Crippen molar-refractivity contribution in [3.05, 3.63) is 48.3 Å². The number of aliphatic hydroxyl groups is 1. The van der Waals surface area contributed by atoms with E-state index in [-0.39, 0.29) is 19.0 Å². The number of hydrogen-bond acceptors (Lipinski definition) is 3. The van der Waals surface area contributed by atoms with Crippen molar-refractivity contribution in [2.24, 2.45) is 0 Å². The van der Waals surface area contributed by atoms with Crippen molar-refractivity contribution >= 4 is 5.91 Å². The predicted octanol–water partition coefficient (Wildman–Crippen LogP) is 2.40. The van der Waals surface area contributed by atoms with Gasteiger partial charge in [-0.15, -0.1) is 0 Å². The molecule has 128 valence electrons. The Hall–Kier alpha value is -2.35. The smallest absolute Gasteiger partial charge is 0.380 e. The summed E-state index contributed by atoms with van der Waals surface area (Å²) >= 11 is 0. The fourth-order valence-electron chi connectivity index (χ4n) is 2.80. The van der Waals surface area contributed by atoms with Gasteiger partial charge >= 0.3 is 6.18 Å². The van der Waals surface area contributed by atoms with Crippen molar-refractivity contribution in [2.75, 3.05) is 13.1 Å². The van der Waals surface area contributed by atoms with Gasteiger partial charge in [-0.25, -0.2) is 4.68 Å². The van der Waals surface area contributed by atoms with Gasteiger partial charge in [0.15, 0.2) is 5.60 Å². The van der Waals surface area contributed by atoms with E-state index in [0.29, 0.717) is 11.3 Å². The molecular formula is C16H16F3N3O2. The maximum atomic E-state index is 12.9. The fraction of sp³-hybridized carbons (Fsp3) is 0.375. The molecule has 1 aliphatic heterocycles. The number of para-hydroxylation sites is 1. The molecule has 0 radical (unpaired) electrons. The fourth-order valence-corrected chi connectivity index (χ4v) is 2.80. The molecule has 2 heterocycles. The van der Waals surface area contributed by atoms with E-state index in [2.05, 4.69) is 5.10 Å². The lowest BCUT2D eigenvalue weighted by Gasteiger charge is -2.39. The van der Waals surface area contributed by atoms with Crippen LogP contribution in [-0.2, 0) is 0 Å². The Bertz CT molecular complexity index is 720. The number of amides is 1. The molecule has 1 amide bonds. The SMILES string of the molecule is O=C(c1ccccc1-n1cccn1)N1CCC(O)(C(F)(F)F)CC1. The topological polar surface area (TPSA) is 58.4 Å². The number of piperidine rings is 1. The van der Waals surface area contributed by atoms with Crippen LogP contribution in [0.4, 0.5) is 13.2 Å². The van der Waals surface area contributed by atoms with Crippen LogP contribution in [0.15, 0.2) is 42.7 Å². The van der Waals surface area contributed by atoms with Crippen LogP contribution >= 0.6 is 0 Å². The lowest BCUT2D eigenvalue weighted by Crippen LogP contribution is -2.54. The zero-order chi connectivity index (χ0) is 17.4. The van der Waals surface area contributed by atoms with Crippen molar-refractivity contribution in [3.63, 3.8) is 0 Å². The normalized spacial score (nSPS) is 17.8. The summed E-state index contributed by atoms with van der Waals surface area (Å²) in [5.41, 5.74) is -1.80. The van der Waals surface area contributed by atoms with Gasteiger partial charge in [0, 0.05) is 38.3 Å². The maximum absolute atomic E-state index is 12.9. The van der Waals surface area contributed by atoms with E-state index in [0.717, 1.165) is 0 Å². The van der Waals surface area contributed by atoms with Gasteiger partial charge in [-0.1, -0.05) is 12.1 Å². The summed E-state index contributed by atoms with van der Waals surface area (Å²) in [4.78, 5) is 14.0. The maximum Gasteiger partial charge on any atom is 0.417 e. The Morgan fingerprint density at radius 1 is 1.17 bits per heavy atom. The van der Waals surface area contributed by atoms with Gasteiger partial charge in [-0.3, -0.25) is 4.79 Å². The average molecular weight is 339 g/mol. The summed E-state index contributed by atoms with van der Waals surface area (Å²) in [6, 6.07) is 8.49. The van der Waals surface area contributed by atoms with Gasteiger partial charge in [-0.05, 0) is 18.2 Å². The third kappa shape index (κ3) is 2.89. The molecule has 8 heteroatoms. The van der Waals surface area contributed by atoms with Crippen LogP contribution < -0.4 is 0 Å². The number of aromatic nitrogens is 2. The van der Waals surface area contributed by atoms with E-state index in [1.54, 1.807) is 42.7 Å². The summed E-state index contributed by atoms with van der Waals surface area (Å²) in [6.07, 6.45) is -2.47. The van der Waals surface area contributed by atoms with Crippen molar-refractivity contribution < 1.29 is 23.1 Å². The number of benzene rings is 1. The van der Waals surface area contributed by atoms with Crippen LogP contribution in [0.5, 0.6) is 0 Å². The molecule has 0 bridgehead atoms. The van der Waals surface area contributed by atoms with E-state index < -0.39 is 24.6 Å². The Balaban J connectivity index is 1.80. The van der Waals surface area contributed by atoms with Crippen LogP contribution in [0.25, 0.3) is 5.69 Å². The number of carbonyl (C=O) groups is 1. The van der Waals surface area contributed by atoms with E-state index >= 15 is 0 Å². The number of halogens is 3.